The summed E-state index contributed by atoms with van der Waals surface area (Å²) in [4.78, 5) is 5.23. The highest BCUT2D eigenvalue weighted by molar-refractivity contribution is 7.03. The van der Waals surface area contributed by atoms with Crippen molar-refractivity contribution in [2.45, 2.75) is 83.1 Å². The van der Waals surface area contributed by atoms with Gasteiger partial charge in [0.15, 0.2) is 0 Å². The first-order valence-electron chi connectivity index (χ1n) is 32.8. The molecule has 18 rings (SSSR count). The number of benzene rings is 12. The van der Waals surface area contributed by atoms with Crippen molar-refractivity contribution >= 4 is 103 Å². The minimum atomic E-state index is -0.281. The van der Waals surface area contributed by atoms with E-state index in [1.807, 2.05) is 0 Å². The van der Waals surface area contributed by atoms with Crippen LogP contribution in [0.25, 0.3) is 33.4 Å². The van der Waals surface area contributed by atoms with Crippen LogP contribution in [0.3, 0.4) is 0 Å². The Morgan fingerprint density at radius 3 is 0.903 bits per heavy atom. The molecule has 0 saturated carbocycles. The van der Waals surface area contributed by atoms with Gasteiger partial charge in [0, 0.05) is 45.8 Å². The van der Waals surface area contributed by atoms with E-state index in [9.17, 15) is 0 Å². The Labute approximate surface area is 546 Å². The number of fused-ring (bicyclic) bond motifs is 12. The molecule has 0 spiro atoms. The van der Waals surface area contributed by atoms with E-state index in [4.69, 9.17) is 18.9 Å². The van der Waals surface area contributed by atoms with Gasteiger partial charge in [0.25, 0.3) is 20.1 Å². The Hall–Kier alpha value is -10.4. The first-order valence-corrected chi connectivity index (χ1v) is 32.8. The standard InChI is InChI=1S/C84H67B3N2O4/c1-44-30-52(9)83(53(10)31-44)88-65-42-71-63(85-59-26-13-15-28-69(59)90-73-36-57(38-75(92-71)81(73)85)78-48(5)22-18-23-49(78)6)40-61(65)87-62-41-64-72(93-76-39-58(79-50(7)24-19-25-51(79)8)37-74-82(76)86(64)60-27-14-16-29-70(60)91-74)43-66(62)89(84-54(11)32-45(2)33-55(84)12)68-35-56(34-67(88)80(68)87)77-46(3)20-17-21-47(77)4/h13-43H,1-12H3. The van der Waals surface area contributed by atoms with Crippen LogP contribution in [0, 0.1) is 83.1 Å². The van der Waals surface area contributed by atoms with Gasteiger partial charge in [0.1, 0.15) is 46.0 Å². The van der Waals surface area contributed by atoms with Crippen LogP contribution >= 0.6 is 0 Å². The number of rotatable bonds is 5. The number of nitrogens with zero attached hydrogens (tertiary/aromatic N) is 2. The minimum Gasteiger partial charge on any atom is -0.458 e. The van der Waals surface area contributed by atoms with Crippen molar-refractivity contribution in [1.29, 1.82) is 0 Å². The number of anilines is 6. The molecule has 0 unspecified atom stereocenters. The zero-order valence-corrected chi connectivity index (χ0v) is 54.7. The van der Waals surface area contributed by atoms with Gasteiger partial charge in [-0.1, -0.05) is 139 Å². The highest BCUT2D eigenvalue weighted by atomic mass is 16.5. The lowest BCUT2D eigenvalue weighted by Crippen LogP contribution is -2.65. The summed E-state index contributed by atoms with van der Waals surface area (Å²) in [6, 6.07) is 70.4. The molecule has 12 aromatic carbocycles. The summed E-state index contributed by atoms with van der Waals surface area (Å²) in [6.07, 6.45) is 0. The van der Waals surface area contributed by atoms with E-state index in [1.165, 1.54) is 99.8 Å². The van der Waals surface area contributed by atoms with Crippen molar-refractivity contribution in [3.8, 4) is 79.4 Å². The fourth-order valence-electron chi connectivity index (χ4n) is 17.6. The molecule has 0 aromatic heterocycles. The van der Waals surface area contributed by atoms with E-state index >= 15 is 0 Å². The second-order valence-electron chi connectivity index (χ2n) is 27.3. The van der Waals surface area contributed by atoms with E-state index in [2.05, 4.69) is 281 Å². The third kappa shape index (κ3) is 8.05. The van der Waals surface area contributed by atoms with Gasteiger partial charge in [-0.25, -0.2) is 0 Å². The van der Waals surface area contributed by atoms with E-state index in [0.29, 0.717) is 0 Å². The van der Waals surface area contributed by atoms with Gasteiger partial charge < -0.3 is 28.7 Å². The van der Waals surface area contributed by atoms with Crippen molar-refractivity contribution in [2.24, 2.45) is 0 Å². The number of aryl methyl sites for hydroxylation is 12. The van der Waals surface area contributed by atoms with E-state index in [-0.39, 0.29) is 20.1 Å². The highest BCUT2D eigenvalue weighted by Gasteiger charge is 2.50. The lowest BCUT2D eigenvalue weighted by Gasteiger charge is -2.47. The molecule has 0 aliphatic carbocycles. The molecule has 0 fully saturated rings. The Morgan fingerprint density at radius 1 is 0.237 bits per heavy atom. The molecule has 0 atom stereocenters. The predicted octanol–water partition coefficient (Wildman–Crippen LogP) is 15.9. The summed E-state index contributed by atoms with van der Waals surface area (Å²) in [6.45, 7) is 26.3. The molecule has 446 valence electrons. The van der Waals surface area contributed by atoms with Crippen LogP contribution in [0.1, 0.15) is 66.8 Å². The number of hydrogen-bond donors (Lipinski definition) is 0. The van der Waals surface area contributed by atoms with Crippen LogP contribution < -0.4 is 77.9 Å². The van der Waals surface area contributed by atoms with Gasteiger partial charge in [-0.2, -0.15) is 0 Å². The van der Waals surface area contributed by atoms with Gasteiger partial charge in [-0.05, 0) is 259 Å². The fourth-order valence-corrected chi connectivity index (χ4v) is 17.6. The minimum absolute atomic E-state index is 0.194. The van der Waals surface area contributed by atoms with Gasteiger partial charge >= 0.3 is 0 Å². The summed E-state index contributed by atoms with van der Waals surface area (Å²) in [5.41, 5.74) is 38.4. The number of para-hydroxylation sites is 2. The smallest absolute Gasteiger partial charge is 0.260 e. The second kappa shape index (κ2) is 20.1. The Kier molecular flexibility index (Phi) is 12.0. The zero-order valence-electron chi connectivity index (χ0n) is 54.7. The van der Waals surface area contributed by atoms with Crippen LogP contribution in [0.2, 0.25) is 0 Å². The zero-order chi connectivity index (χ0) is 63.3. The maximum Gasteiger partial charge on any atom is 0.260 e. The lowest BCUT2D eigenvalue weighted by molar-refractivity contribution is 0.464. The number of ether oxygens (including phenoxy) is 4. The summed E-state index contributed by atoms with van der Waals surface area (Å²) in [5, 5.41) is 0. The molecule has 6 aliphatic rings. The Bertz CT molecular complexity index is 4970. The first-order chi connectivity index (χ1) is 45.0. The fraction of sp³-hybridized carbons (Fsp3) is 0.143. The average molecular weight is 1200 g/mol. The van der Waals surface area contributed by atoms with Crippen LogP contribution in [-0.4, -0.2) is 20.1 Å². The number of hydrogen-bond acceptors (Lipinski definition) is 6. The van der Waals surface area contributed by atoms with E-state index < -0.39 is 0 Å². The molecular formula is C84H67B3N2O4. The monoisotopic (exact) mass is 1200 g/mol. The molecule has 0 radical (unpaired) electrons. The molecule has 9 heteroatoms. The molecule has 0 saturated heterocycles. The van der Waals surface area contributed by atoms with Gasteiger partial charge in [-0.3, -0.25) is 0 Å². The first kappa shape index (κ1) is 55.5. The summed E-state index contributed by atoms with van der Waals surface area (Å²) < 4.78 is 29.4. The van der Waals surface area contributed by atoms with E-state index in [0.717, 1.165) is 130 Å². The Morgan fingerprint density at radius 2 is 0.548 bits per heavy atom. The van der Waals surface area contributed by atoms with Crippen molar-refractivity contribution in [1.82, 2.24) is 0 Å². The molecule has 6 aliphatic heterocycles. The van der Waals surface area contributed by atoms with Gasteiger partial charge in [-0.15, -0.1) is 0 Å². The predicted molar refractivity (Wildman–Crippen MR) is 389 cm³/mol. The molecule has 0 bridgehead atoms. The van der Waals surface area contributed by atoms with Crippen LogP contribution in [-0.2, 0) is 0 Å². The third-order valence-corrected chi connectivity index (χ3v) is 21.1. The van der Waals surface area contributed by atoms with Gasteiger partial charge in [0.05, 0.1) is 11.4 Å². The van der Waals surface area contributed by atoms with Crippen molar-refractivity contribution < 1.29 is 18.9 Å². The van der Waals surface area contributed by atoms with Crippen molar-refractivity contribution in [3.05, 3.63) is 255 Å². The SMILES string of the molecule is Cc1cc(C)c(N2c3cc4c(cc3B3c5cc6c(cc5N(c5c(C)cc(C)cc5C)c5cc(-c7c(C)cccc7C)cc2c53)Oc2cc(-c3c(C)cccc3C)cc3c2B6c2ccccc2O3)B2c3ccccc3Oc3cc(-c5c(C)cccc5C)cc(c32)O4)c(C)c1. The van der Waals surface area contributed by atoms with Crippen molar-refractivity contribution in [2.75, 3.05) is 9.80 Å². The summed E-state index contributed by atoms with van der Waals surface area (Å²) in [5.74, 6) is 6.65. The van der Waals surface area contributed by atoms with Crippen LogP contribution in [0.5, 0.6) is 46.0 Å². The molecule has 12 aromatic rings. The Balaban J connectivity index is 0.968. The molecule has 6 heterocycles. The quantitative estimate of drug-likeness (QED) is 0.160. The molecule has 93 heavy (non-hydrogen) atoms. The van der Waals surface area contributed by atoms with Crippen LogP contribution in [0.4, 0.5) is 34.1 Å². The van der Waals surface area contributed by atoms with Crippen molar-refractivity contribution in [3.63, 3.8) is 0 Å². The normalized spacial score (nSPS) is 13.6. The largest absolute Gasteiger partial charge is 0.458 e. The second-order valence-corrected chi connectivity index (χ2v) is 27.3. The molecule has 6 nitrogen and oxygen atoms in total. The highest BCUT2D eigenvalue weighted by Crippen LogP contribution is 2.52. The summed E-state index contributed by atoms with van der Waals surface area (Å²) in [7, 11) is 0. The molecule has 0 amide bonds. The van der Waals surface area contributed by atoms with Gasteiger partial charge in [0.2, 0.25) is 0 Å². The maximum atomic E-state index is 7.60. The lowest BCUT2D eigenvalue weighted by atomic mass is 9.29. The molecule has 0 N–H and O–H groups in total. The molecular weight excluding hydrogens is 1130 g/mol. The van der Waals surface area contributed by atoms with E-state index in [1.54, 1.807) is 0 Å². The topological polar surface area (TPSA) is 43.4 Å². The maximum absolute atomic E-state index is 7.60. The summed E-state index contributed by atoms with van der Waals surface area (Å²) >= 11 is 0. The van der Waals surface area contributed by atoms with Crippen LogP contribution in [0.15, 0.2) is 188 Å². The average Bonchev–Trinajstić information content (AvgIpc) is 0.686. The third-order valence-electron chi connectivity index (χ3n) is 21.1.